The maximum absolute atomic E-state index is 14.1. The SMILES string of the molecule is CC(C)NCc1cncc(-c2c(F)ccc(Br)c2F)c1. The fraction of sp³-hybridized carbons (Fsp3) is 0.267. The maximum Gasteiger partial charge on any atom is 0.148 e. The Labute approximate surface area is 125 Å². The highest BCUT2D eigenvalue weighted by Gasteiger charge is 2.15. The summed E-state index contributed by atoms with van der Waals surface area (Å²) >= 11 is 3.07. The van der Waals surface area contributed by atoms with Crippen LogP contribution in [-0.4, -0.2) is 11.0 Å². The molecule has 0 aliphatic carbocycles. The molecule has 0 aliphatic heterocycles. The highest BCUT2D eigenvalue weighted by molar-refractivity contribution is 9.10. The van der Waals surface area contributed by atoms with Gasteiger partial charge in [-0.2, -0.15) is 0 Å². The van der Waals surface area contributed by atoms with Crippen molar-refractivity contribution in [3.63, 3.8) is 0 Å². The van der Waals surface area contributed by atoms with Crippen LogP contribution in [-0.2, 0) is 6.54 Å². The van der Waals surface area contributed by atoms with Crippen LogP contribution in [0.15, 0.2) is 35.1 Å². The molecule has 0 unspecified atom stereocenters. The first kappa shape index (κ1) is 15.1. The van der Waals surface area contributed by atoms with Crippen molar-refractivity contribution >= 4 is 15.9 Å². The summed E-state index contributed by atoms with van der Waals surface area (Å²) in [6.07, 6.45) is 3.15. The van der Waals surface area contributed by atoms with E-state index in [1.165, 1.54) is 18.3 Å². The van der Waals surface area contributed by atoms with Gasteiger partial charge in [0.25, 0.3) is 0 Å². The van der Waals surface area contributed by atoms with Crippen molar-refractivity contribution in [3.05, 3.63) is 52.3 Å². The van der Waals surface area contributed by atoms with E-state index in [4.69, 9.17) is 0 Å². The molecule has 0 spiro atoms. The Balaban J connectivity index is 2.39. The maximum atomic E-state index is 14.1. The van der Waals surface area contributed by atoms with Gasteiger partial charge in [0.2, 0.25) is 0 Å². The molecular formula is C15H15BrF2N2. The highest BCUT2D eigenvalue weighted by atomic mass is 79.9. The number of nitrogens with one attached hydrogen (secondary N) is 1. The largest absolute Gasteiger partial charge is 0.310 e. The van der Waals surface area contributed by atoms with Crippen molar-refractivity contribution in [1.29, 1.82) is 0 Å². The van der Waals surface area contributed by atoms with Crippen molar-refractivity contribution in [2.75, 3.05) is 0 Å². The average Bonchev–Trinajstić information content (AvgIpc) is 2.42. The molecule has 1 aromatic heterocycles. The van der Waals surface area contributed by atoms with E-state index in [2.05, 4.69) is 26.2 Å². The van der Waals surface area contributed by atoms with E-state index in [1.807, 2.05) is 13.8 Å². The summed E-state index contributed by atoms with van der Waals surface area (Å²) < 4.78 is 28.2. The number of nitrogens with zero attached hydrogens (tertiary/aromatic N) is 1. The van der Waals surface area contributed by atoms with Crippen molar-refractivity contribution in [2.24, 2.45) is 0 Å². The number of hydrogen-bond acceptors (Lipinski definition) is 2. The second-order valence-electron chi connectivity index (χ2n) is 4.84. The van der Waals surface area contributed by atoms with Crippen LogP contribution in [0.2, 0.25) is 0 Å². The molecule has 0 atom stereocenters. The number of hydrogen-bond donors (Lipinski definition) is 1. The Morgan fingerprint density at radius 3 is 2.70 bits per heavy atom. The van der Waals surface area contributed by atoms with Crippen LogP contribution in [0.25, 0.3) is 11.1 Å². The molecule has 0 aliphatic rings. The van der Waals surface area contributed by atoms with E-state index in [-0.39, 0.29) is 10.0 Å². The van der Waals surface area contributed by atoms with Crippen molar-refractivity contribution in [1.82, 2.24) is 10.3 Å². The molecule has 20 heavy (non-hydrogen) atoms. The molecule has 0 saturated heterocycles. The molecule has 1 aromatic carbocycles. The van der Waals surface area contributed by atoms with E-state index in [9.17, 15) is 8.78 Å². The van der Waals surface area contributed by atoms with Crippen LogP contribution in [0.5, 0.6) is 0 Å². The quantitative estimate of drug-likeness (QED) is 0.840. The van der Waals surface area contributed by atoms with E-state index in [0.29, 0.717) is 18.2 Å². The number of benzene rings is 1. The summed E-state index contributed by atoms with van der Waals surface area (Å²) in [5, 5.41) is 3.24. The third kappa shape index (κ3) is 3.41. The van der Waals surface area contributed by atoms with Crippen LogP contribution in [0.1, 0.15) is 19.4 Å². The minimum Gasteiger partial charge on any atom is -0.310 e. The van der Waals surface area contributed by atoms with Gasteiger partial charge in [0.05, 0.1) is 10.0 Å². The van der Waals surface area contributed by atoms with E-state index in [1.54, 1.807) is 12.3 Å². The van der Waals surface area contributed by atoms with Gasteiger partial charge < -0.3 is 5.32 Å². The monoisotopic (exact) mass is 340 g/mol. The first-order chi connectivity index (χ1) is 9.49. The molecule has 0 amide bonds. The topological polar surface area (TPSA) is 24.9 Å². The van der Waals surface area contributed by atoms with Gasteiger partial charge >= 0.3 is 0 Å². The van der Waals surface area contributed by atoms with Crippen LogP contribution >= 0.6 is 15.9 Å². The lowest BCUT2D eigenvalue weighted by Crippen LogP contribution is -2.21. The highest BCUT2D eigenvalue weighted by Crippen LogP contribution is 2.30. The Bertz CT molecular complexity index is 615. The predicted molar refractivity (Wildman–Crippen MR) is 79.3 cm³/mol. The van der Waals surface area contributed by atoms with Gasteiger partial charge in [0.1, 0.15) is 11.6 Å². The fourth-order valence-corrected chi connectivity index (χ4v) is 2.17. The van der Waals surface area contributed by atoms with Gasteiger partial charge in [-0.1, -0.05) is 13.8 Å². The molecule has 0 saturated carbocycles. The van der Waals surface area contributed by atoms with E-state index < -0.39 is 11.6 Å². The van der Waals surface area contributed by atoms with Gasteiger partial charge in [-0.15, -0.1) is 0 Å². The van der Waals surface area contributed by atoms with Crippen LogP contribution in [0.4, 0.5) is 8.78 Å². The smallest absolute Gasteiger partial charge is 0.148 e. The molecule has 0 bridgehead atoms. The van der Waals surface area contributed by atoms with Gasteiger partial charge in [0.15, 0.2) is 0 Å². The summed E-state index contributed by atoms with van der Waals surface area (Å²) in [4.78, 5) is 4.06. The Morgan fingerprint density at radius 1 is 1.25 bits per heavy atom. The number of pyridine rings is 1. The van der Waals surface area contributed by atoms with Crippen molar-refractivity contribution in [2.45, 2.75) is 26.4 Å². The summed E-state index contributed by atoms with van der Waals surface area (Å²) in [5.41, 5.74) is 1.26. The second-order valence-corrected chi connectivity index (χ2v) is 5.69. The Kier molecular flexibility index (Phi) is 4.83. The number of aromatic nitrogens is 1. The zero-order valence-electron chi connectivity index (χ0n) is 11.3. The minimum atomic E-state index is -0.610. The normalized spacial score (nSPS) is 11.1. The molecule has 1 N–H and O–H groups in total. The van der Waals surface area contributed by atoms with Gasteiger partial charge in [-0.25, -0.2) is 8.78 Å². The van der Waals surface area contributed by atoms with Crippen LogP contribution < -0.4 is 5.32 Å². The number of rotatable bonds is 4. The van der Waals surface area contributed by atoms with Crippen LogP contribution in [0.3, 0.4) is 0 Å². The molecule has 2 nitrogen and oxygen atoms in total. The standard InChI is InChI=1S/C15H15BrF2N2/c1-9(2)20-7-10-5-11(8-19-6-10)14-13(17)4-3-12(16)15(14)18/h3-6,8-9,20H,7H2,1-2H3. The van der Waals surface area contributed by atoms with E-state index in [0.717, 1.165) is 5.56 Å². The molecule has 2 aromatic rings. The van der Waals surface area contributed by atoms with E-state index >= 15 is 0 Å². The molecule has 5 heteroatoms. The van der Waals surface area contributed by atoms with Crippen molar-refractivity contribution in [3.8, 4) is 11.1 Å². The third-order valence-corrected chi connectivity index (χ3v) is 3.45. The Hall–Kier alpha value is -1.33. The Morgan fingerprint density at radius 2 is 2.00 bits per heavy atom. The molecule has 106 valence electrons. The summed E-state index contributed by atoms with van der Waals surface area (Å²) in [7, 11) is 0. The van der Waals surface area contributed by atoms with Gasteiger partial charge in [0, 0.05) is 30.5 Å². The molecule has 2 rings (SSSR count). The van der Waals surface area contributed by atoms with Gasteiger partial charge in [-0.3, -0.25) is 4.98 Å². The second kappa shape index (κ2) is 6.41. The third-order valence-electron chi connectivity index (χ3n) is 2.84. The lowest BCUT2D eigenvalue weighted by atomic mass is 10.0. The molecule has 1 heterocycles. The summed E-state index contributed by atoms with van der Waals surface area (Å²) in [5.74, 6) is -1.21. The number of halogens is 3. The molecule has 0 fully saturated rings. The first-order valence-electron chi connectivity index (χ1n) is 6.30. The van der Waals surface area contributed by atoms with Crippen molar-refractivity contribution < 1.29 is 8.78 Å². The first-order valence-corrected chi connectivity index (χ1v) is 7.09. The minimum absolute atomic E-state index is 0.0572. The fourth-order valence-electron chi connectivity index (χ4n) is 1.83. The molecule has 0 radical (unpaired) electrons. The zero-order valence-corrected chi connectivity index (χ0v) is 12.8. The summed E-state index contributed by atoms with van der Waals surface area (Å²) in [6, 6.07) is 4.67. The van der Waals surface area contributed by atoms with Gasteiger partial charge in [-0.05, 0) is 39.7 Å². The average molecular weight is 341 g/mol. The molecular weight excluding hydrogens is 326 g/mol. The van der Waals surface area contributed by atoms with Crippen LogP contribution in [0, 0.1) is 11.6 Å². The summed E-state index contributed by atoms with van der Waals surface area (Å²) in [6.45, 7) is 4.67. The lowest BCUT2D eigenvalue weighted by molar-refractivity contribution is 0.583. The zero-order chi connectivity index (χ0) is 14.7. The predicted octanol–water partition coefficient (Wildman–Crippen LogP) is 4.29. The lowest BCUT2D eigenvalue weighted by Gasteiger charge is -2.10.